The van der Waals surface area contributed by atoms with E-state index in [0.717, 1.165) is 12.0 Å². The van der Waals surface area contributed by atoms with Gasteiger partial charge in [0.1, 0.15) is 11.4 Å². The van der Waals surface area contributed by atoms with Gasteiger partial charge in [0, 0.05) is 24.9 Å². The number of H-pyrrole nitrogens is 1. The van der Waals surface area contributed by atoms with Crippen LogP contribution in [0, 0.1) is 5.92 Å². The second-order valence-electron chi connectivity index (χ2n) is 6.44. The minimum Gasteiger partial charge on any atom is -0.494 e. The van der Waals surface area contributed by atoms with Crippen molar-refractivity contribution in [2.75, 3.05) is 13.2 Å². The average molecular weight is 358 g/mol. The third-order valence-corrected chi connectivity index (χ3v) is 3.82. The van der Waals surface area contributed by atoms with E-state index in [4.69, 9.17) is 4.74 Å². The van der Waals surface area contributed by atoms with Gasteiger partial charge in [-0.2, -0.15) is 0 Å². The number of ether oxygens (including phenoxy) is 1. The quantitative estimate of drug-likeness (QED) is 0.717. The first-order valence-electron chi connectivity index (χ1n) is 8.95. The van der Waals surface area contributed by atoms with Crippen LogP contribution in [0.5, 0.6) is 5.75 Å². The molecule has 7 heteroatoms. The number of nitrogens with one attached hydrogen (secondary N) is 2. The van der Waals surface area contributed by atoms with Gasteiger partial charge in [-0.05, 0) is 31.4 Å². The Balaban J connectivity index is 1.98. The van der Waals surface area contributed by atoms with Gasteiger partial charge in [0.25, 0.3) is 5.56 Å². The number of aryl methyl sites for hydroxylation is 1. The molecule has 0 aliphatic carbocycles. The number of benzene rings is 1. The Bertz CT molecular complexity index is 786. The Morgan fingerprint density at radius 2 is 2.12 bits per heavy atom. The summed E-state index contributed by atoms with van der Waals surface area (Å²) in [6.07, 6.45) is 1.41. The molecule has 0 aliphatic rings. The maximum atomic E-state index is 12.2. The van der Waals surface area contributed by atoms with Crippen LogP contribution < -0.4 is 15.6 Å². The van der Waals surface area contributed by atoms with E-state index in [2.05, 4.69) is 34.3 Å². The van der Waals surface area contributed by atoms with Crippen LogP contribution in [0.25, 0.3) is 11.4 Å². The van der Waals surface area contributed by atoms with E-state index in [1.807, 2.05) is 25.1 Å². The van der Waals surface area contributed by atoms with Crippen LogP contribution >= 0.6 is 0 Å². The number of hydrogen-bond acceptors (Lipinski definition) is 5. The Kier molecular flexibility index (Phi) is 7.32. The molecule has 1 aromatic heterocycles. The Morgan fingerprint density at radius 1 is 1.31 bits per heavy atom. The molecule has 0 saturated carbocycles. The van der Waals surface area contributed by atoms with Crippen LogP contribution in [0.3, 0.4) is 0 Å². The van der Waals surface area contributed by atoms with E-state index in [1.165, 1.54) is 0 Å². The number of rotatable bonds is 9. The number of amides is 1. The lowest BCUT2D eigenvalue weighted by Gasteiger charge is -2.07. The lowest BCUT2D eigenvalue weighted by molar-refractivity contribution is -0.121. The van der Waals surface area contributed by atoms with E-state index in [1.54, 1.807) is 6.07 Å². The third-order valence-electron chi connectivity index (χ3n) is 3.82. The van der Waals surface area contributed by atoms with Crippen LogP contribution in [-0.2, 0) is 11.2 Å². The van der Waals surface area contributed by atoms with Crippen LogP contribution in [-0.4, -0.2) is 34.2 Å². The van der Waals surface area contributed by atoms with Gasteiger partial charge in [0.05, 0.1) is 6.61 Å². The third kappa shape index (κ3) is 5.98. The molecule has 0 fully saturated rings. The summed E-state index contributed by atoms with van der Waals surface area (Å²) in [6, 6.07) is 7.29. The first-order valence-corrected chi connectivity index (χ1v) is 8.95. The average Bonchev–Trinajstić information content (AvgIpc) is 2.61. The van der Waals surface area contributed by atoms with Crippen molar-refractivity contribution >= 4 is 5.91 Å². The van der Waals surface area contributed by atoms with Crippen molar-refractivity contribution in [1.82, 2.24) is 20.5 Å². The molecule has 2 rings (SSSR count). The maximum Gasteiger partial charge on any atom is 0.273 e. The first-order chi connectivity index (χ1) is 12.5. The molecule has 0 atom stereocenters. The molecule has 0 bridgehead atoms. The fourth-order valence-corrected chi connectivity index (χ4v) is 2.37. The molecule has 1 heterocycles. The Hall–Kier alpha value is -2.70. The molecular formula is C19H26N4O3. The molecule has 0 saturated heterocycles. The van der Waals surface area contributed by atoms with Crippen LogP contribution in [0.1, 0.15) is 39.3 Å². The molecule has 0 spiro atoms. The molecule has 140 valence electrons. The minimum atomic E-state index is -0.327. The van der Waals surface area contributed by atoms with Gasteiger partial charge in [-0.1, -0.05) is 26.0 Å². The highest BCUT2D eigenvalue weighted by molar-refractivity contribution is 5.76. The van der Waals surface area contributed by atoms with Crippen molar-refractivity contribution in [2.24, 2.45) is 5.92 Å². The zero-order chi connectivity index (χ0) is 18.9. The van der Waals surface area contributed by atoms with Gasteiger partial charge >= 0.3 is 0 Å². The summed E-state index contributed by atoms with van der Waals surface area (Å²) >= 11 is 0. The van der Waals surface area contributed by atoms with E-state index in [0.29, 0.717) is 30.6 Å². The summed E-state index contributed by atoms with van der Waals surface area (Å²) in [7, 11) is 0. The molecule has 0 radical (unpaired) electrons. The number of aromatic amines is 1. The van der Waals surface area contributed by atoms with Crippen molar-refractivity contribution in [3.8, 4) is 17.1 Å². The standard InChI is InChI=1S/C19H26N4O3/c1-4-26-15-7-5-6-14(12-15)18-21-19(25)16(22-23-18)8-9-17(24)20-11-10-13(2)3/h5-7,12-13H,4,8-11H2,1-3H3,(H,20,24)(H,21,23,25). The topological polar surface area (TPSA) is 97.0 Å². The fourth-order valence-electron chi connectivity index (χ4n) is 2.37. The van der Waals surface area contributed by atoms with Crippen molar-refractivity contribution in [3.05, 3.63) is 40.3 Å². The molecule has 7 nitrogen and oxygen atoms in total. The van der Waals surface area contributed by atoms with Crippen molar-refractivity contribution in [1.29, 1.82) is 0 Å². The summed E-state index contributed by atoms with van der Waals surface area (Å²) in [5.74, 6) is 1.54. The Labute approximate surface area is 153 Å². The molecule has 1 aromatic carbocycles. The van der Waals surface area contributed by atoms with E-state index < -0.39 is 0 Å². The van der Waals surface area contributed by atoms with Gasteiger partial charge in [-0.15, -0.1) is 10.2 Å². The predicted octanol–water partition coefficient (Wildman–Crippen LogP) is 2.33. The lowest BCUT2D eigenvalue weighted by Crippen LogP contribution is -2.27. The molecule has 26 heavy (non-hydrogen) atoms. The van der Waals surface area contributed by atoms with Gasteiger partial charge < -0.3 is 15.0 Å². The van der Waals surface area contributed by atoms with Gasteiger partial charge in [0.15, 0.2) is 5.82 Å². The SMILES string of the molecule is CCOc1cccc(-c2nnc(CCC(=O)NCCC(C)C)c(=O)[nH]2)c1. The normalized spacial score (nSPS) is 10.8. The van der Waals surface area contributed by atoms with Gasteiger partial charge in [-0.3, -0.25) is 9.59 Å². The van der Waals surface area contributed by atoms with Gasteiger partial charge in [0.2, 0.25) is 5.91 Å². The molecule has 2 aromatic rings. The van der Waals surface area contributed by atoms with Crippen LogP contribution in [0.15, 0.2) is 29.1 Å². The zero-order valence-electron chi connectivity index (χ0n) is 15.5. The first kappa shape index (κ1) is 19.6. The monoisotopic (exact) mass is 358 g/mol. The number of carbonyl (C=O) groups excluding carboxylic acids is 1. The highest BCUT2D eigenvalue weighted by Gasteiger charge is 2.10. The number of hydrogen-bond donors (Lipinski definition) is 2. The van der Waals surface area contributed by atoms with Gasteiger partial charge in [-0.25, -0.2) is 0 Å². The number of aromatic nitrogens is 3. The predicted molar refractivity (Wildman–Crippen MR) is 100 cm³/mol. The zero-order valence-corrected chi connectivity index (χ0v) is 15.5. The second kappa shape index (κ2) is 9.70. The second-order valence-corrected chi connectivity index (χ2v) is 6.44. The van der Waals surface area contributed by atoms with E-state index in [-0.39, 0.29) is 30.0 Å². The van der Waals surface area contributed by atoms with Crippen LogP contribution in [0.2, 0.25) is 0 Å². The highest BCUT2D eigenvalue weighted by Crippen LogP contribution is 2.19. The fraction of sp³-hybridized carbons (Fsp3) is 0.474. The largest absolute Gasteiger partial charge is 0.494 e. The van der Waals surface area contributed by atoms with Crippen molar-refractivity contribution < 1.29 is 9.53 Å². The molecule has 1 amide bonds. The van der Waals surface area contributed by atoms with Crippen LogP contribution in [0.4, 0.5) is 0 Å². The van der Waals surface area contributed by atoms with Crippen molar-refractivity contribution in [2.45, 2.75) is 40.0 Å². The molecular weight excluding hydrogens is 332 g/mol. The summed E-state index contributed by atoms with van der Waals surface area (Å²) in [6.45, 7) is 7.32. The highest BCUT2D eigenvalue weighted by atomic mass is 16.5. The molecule has 2 N–H and O–H groups in total. The van der Waals surface area contributed by atoms with Crippen molar-refractivity contribution in [3.63, 3.8) is 0 Å². The summed E-state index contributed by atoms with van der Waals surface area (Å²) < 4.78 is 5.45. The molecule has 0 aliphatic heterocycles. The summed E-state index contributed by atoms with van der Waals surface area (Å²) in [5.41, 5.74) is 0.652. The lowest BCUT2D eigenvalue weighted by atomic mass is 10.1. The van der Waals surface area contributed by atoms with E-state index >= 15 is 0 Å². The maximum absolute atomic E-state index is 12.2. The number of carbonyl (C=O) groups is 1. The summed E-state index contributed by atoms with van der Waals surface area (Å²) in [5, 5.41) is 10.9. The Morgan fingerprint density at radius 3 is 2.81 bits per heavy atom. The number of nitrogens with zero attached hydrogens (tertiary/aromatic N) is 2. The summed E-state index contributed by atoms with van der Waals surface area (Å²) in [4.78, 5) is 26.8. The smallest absolute Gasteiger partial charge is 0.273 e. The molecule has 0 unspecified atom stereocenters. The minimum absolute atomic E-state index is 0.0830. The van der Waals surface area contributed by atoms with E-state index in [9.17, 15) is 9.59 Å².